The molecule has 3 aliphatic rings. The topological polar surface area (TPSA) is 12.5 Å². The van der Waals surface area contributed by atoms with Crippen LogP contribution in [-0.2, 0) is 10.8 Å². The van der Waals surface area contributed by atoms with Crippen LogP contribution in [0.5, 0.6) is 11.5 Å². The fraction of sp³-hybridized carbons (Fsp3) is 0.0294. The minimum atomic E-state index is -0.613. The standard InChI is InChI=1S/C68H45NO/c1-5-22-46(23-6-1)47-40-42-63(56(44-47)54-33-21-38-61-66(54)55-32-15-18-36-59(55)67(61,48-24-7-2-8-25-48)49-26-9-3-10-27-49)69(50-28-11-4-12-29-50)51-41-43-65-62(45-51)68(60-37-19-20-39-64(60)70-65)57-34-16-13-30-52(57)53-31-14-17-35-58(53)68/h1-45H. The smallest absolute Gasteiger partial charge is 0.132 e. The summed E-state index contributed by atoms with van der Waals surface area (Å²) < 4.78 is 6.96. The molecule has 11 aromatic rings. The third-order valence-corrected chi connectivity index (χ3v) is 15.2. The number of rotatable bonds is 7. The van der Waals surface area contributed by atoms with Crippen molar-refractivity contribution in [2.75, 3.05) is 4.90 Å². The van der Waals surface area contributed by atoms with E-state index in [2.05, 4.69) is 278 Å². The van der Waals surface area contributed by atoms with Crippen molar-refractivity contribution in [1.82, 2.24) is 0 Å². The van der Waals surface area contributed by atoms with Gasteiger partial charge >= 0.3 is 0 Å². The summed E-state index contributed by atoms with van der Waals surface area (Å²) in [6, 6.07) is 100. The second-order valence-electron chi connectivity index (χ2n) is 18.6. The highest BCUT2D eigenvalue weighted by Gasteiger charge is 2.51. The Hall–Kier alpha value is -8.98. The summed E-state index contributed by atoms with van der Waals surface area (Å²) in [5, 5.41) is 0. The van der Waals surface area contributed by atoms with Crippen LogP contribution in [0, 0.1) is 0 Å². The zero-order chi connectivity index (χ0) is 46.2. The van der Waals surface area contributed by atoms with Crippen molar-refractivity contribution >= 4 is 17.1 Å². The van der Waals surface area contributed by atoms with E-state index in [0.717, 1.165) is 50.8 Å². The second kappa shape index (κ2) is 15.8. The second-order valence-corrected chi connectivity index (χ2v) is 18.6. The number of benzene rings is 11. The monoisotopic (exact) mass is 891 g/mol. The molecule has 1 aliphatic heterocycles. The van der Waals surface area contributed by atoms with Gasteiger partial charge in [-0.3, -0.25) is 0 Å². The molecule has 1 heterocycles. The van der Waals surface area contributed by atoms with Gasteiger partial charge in [0.05, 0.1) is 16.5 Å². The fourth-order valence-corrected chi connectivity index (χ4v) is 12.5. The molecular weight excluding hydrogens is 847 g/mol. The number of anilines is 3. The van der Waals surface area contributed by atoms with Gasteiger partial charge < -0.3 is 9.64 Å². The van der Waals surface area contributed by atoms with Crippen LogP contribution in [0.1, 0.15) is 44.5 Å². The minimum absolute atomic E-state index is 0.544. The molecule has 0 radical (unpaired) electrons. The highest BCUT2D eigenvalue weighted by molar-refractivity contribution is 6.01. The SMILES string of the molecule is c1ccc(-c2ccc(N(c3ccccc3)c3ccc4c(c3)C3(c5ccccc5O4)c4ccccc4-c4ccccc43)c(-c3cccc4c3-c3ccccc3C4(c3ccccc3)c3ccccc3)c2)cc1. The van der Waals surface area contributed by atoms with Crippen molar-refractivity contribution in [2.45, 2.75) is 10.8 Å². The Morgan fingerprint density at radius 2 is 0.771 bits per heavy atom. The van der Waals surface area contributed by atoms with E-state index in [0.29, 0.717) is 0 Å². The zero-order valence-electron chi connectivity index (χ0n) is 38.3. The minimum Gasteiger partial charge on any atom is -0.457 e. The molecule has 328 valence electrons. The number of para-hydroxylation sites is 2. The van der Waals surface area contributed by atoms with Gasteiger partial charge in [-0.2, -0.15) is 0 Å². The van der Waals surface area contributed by atoms with Crippen LogP contribution < -0.4 is 9.64 Å². The Morgan fingerprint density at radius 3 is 1.43 bits per heavy atom. The number of hydrogen-bond donors (Lipinski definition) is 0. The molecule has 0 N–H and O–H groups in total. The largest absolute Gasteiger partial charge is 0.457 e. The van der Waals surface area contributed by atoms with Crippen LogP contribution in [0.15, 0.2) is 273 Å². The van der Waals surface area contributed by atoms with E-state index < -0.39 is 10.8 Å². The van der Waals surface area contributed by atoms with Crippen LogP contribution in [0.25, 0.3) is 44.5 Å². The highest BCUT2D eigenvalue weighted by Crippen LogP contribution is 2.63. The summed E-state index contributed by atoms with van der Waals surface area (Å²) in [6.07, 6.45) is 0. The molecule has 0 fully saturated rings. The van der Waals surface area contributed by atoms with E-state index in [-0.39, 0.29) is 0 Å². The third kappa shape index (κ3) is 5.68. The summed E-state index contributed by atoms with van der Waals surface area (Å²) in [5.74, 6) is 1.74. The summed E-state index contributed by atoms with van der Waals surface area (Å²) in [6.45, 7) is 0. The summed E-state index contributed by atoms with van der Waals surface area (Å²) in [4.78, 5) is 2.47. The molecule has 1 spiro atoms. The van der Waals surface area contributed by atoms with Crippen molar-refractivity contribution in [2.24, 2.45) is 0 Å². The summed E-state index contributed by atoms with van der Waals surface area (Å²) in [7, 11) is 0. The third-order valence-electron chi connectivity index (χ3n) is 15.2. The van der Waals surface area contributed by atoms with Crippen LogP contribution in [-0.4, -0.2) is 0 Å². The molecule has 0 aromatic heterocycles. The first-order chi connectivity index (χ1) is 34.7. The van der Waals surface area contributed by atoms with Crippen LogP contribution in [0.2, 0.25) is 0 Å². The Labute approximate surface area is 409 Å². The van der Waals surface area contributed by atoms with E-state index in [9.17, 15) is 0 Å². The lowest BCUT2D eigenvalue weighted by molar-refractivity contribution is 0.436. The normalized spacial score (nSPS) is 13.8. The molecule has 0 bridgehead atoms. The Bertz CT molecular complexity index is 3720. The molecule has 70 heavy (non-hydrogen) atoms. The maximum absolute atomic E-state index is 6.96. The van der Waals surface area contributed by atoms with Crippen molar-refractivity contribution < 1.29 is 4.74 Å². The van der Waals surface area contributed by atoms with Gasteiger partial charge in [-0.15, -0.1) is 0 Å². The maximum Gasteiger partial charge on any atom is 0.132 e. The fourth-order valence-electron chi connectivity index (χ4n) is 12.5. The van der Waals surface area contributed by atoms with Crippen molar-refractivity contribution in [3.05, 3.63) is 317 Å². The van der Waals surface area contributed by atoms with Gasteiger partial charge in [-0.05, 0) is 121 Å². The highest BCUT2D eigenvalue weighted by atomic mass is 16.5. The average Bonchev–Trinajstić information content (AvgIpc) is 3.91. The number of nitrogens with zero attached hydrogens (tertiary/aromatic N) is 1. The van der Waals surface area contributed by atoms with Crippen LogP contribution >= 0.6 is 0 Å². The van der Waals surface area contributed by atoms with E-state index in [4.69, 9.17) is 4.74 Å². The first-order valence-electron chi connectivity index (χ1n) is 24.3. The molecular formula is C68H45NO. The van der Waals surface area contributed by atoms with Crippen LogP contribution in [0.3, 0.4) is 0 Å². The molecule has 2 nitrogen and oxygen atoms in total. The van der Waals surface area contributed by atoms with Gasteiger partial charge in [0.1, 0.15) is 11.5 Å². The van der Waals surface area contributed by atoms with Crippen molar-refractivity contribution in [3.63, 3.8) is 0 Å². The maximum atomic E-state index is 6.96. The molecule has 0 atom stereocenters. The molecule has 14 rings (SSSR count). The van der Waals surface area contributed by atoms with Gasteiger partial charge in [0.25, 0.3) is 0 Å². The summed E-state index contributed by atoms with van der Waals surface area (Å²) in [5.41, 5.74) is 21.5. The Balaban J connectivity index is 1.06. The molecule has 0 unspecified atom stereocenters. The lowest BCUT2D eigenvalue weighted by atomic mass is 9.66. The molecule has 11 aromatic carbocycles. The lowest BCUT2D eigenvalue weighted by Gasteiger charge is -2.40. The van der Waals surface area contributed by atoms with E-state index >= 15 is 0 Å². The Morgan fingerprint density at radius 1 is 0.271 bits per heavy atom. The van der Waals surface area contributed by atoms with Gasteiger partial charge in [0.2, 0.25) is 0 Å². The average molecular weight is 892 g/mol. The van der Waals surface area contributed by atoms with E-state index in [1.54, 1.807) is 0 Å². The molecule has 2 heteroatoms. The van der Waals surface area contributed by atoms with Crippen LogP contribution in [0.4, 0.5) is 17.1 Å². The van der Waals surface area contributed by atoms with Crippen molar-refractivity contribution in [3.8, 4) is 56.0 Å². The number of hydrogen-bond acceptors (Lipinski definition) is 2. The van der Waals surface area contributed by atoms with Gasteiger partial charge in [-0.25, -0.2) is 0 Å². The quantitative estimate of drug-likeness (QED) is 0.158. The number of fused-ring (bicyclic) bond motifs is 12. The van der Waals surface area contributed by atoms with E-state index in [1.807, 2.05) is 0 Å². The van der Waals surface area contributed by atoms with Gasteiger partial charge in [0, 0.05) is 28.1 Å². The van der Waals surface area contributed by atoms with Crippen molar-refractivity contribution in [1.29, 1.82) is 0 Å². The predicted octanol–water partition coefficient (Wildman–Crippen LogP) is 17.3. The first kappa shape index (κ1) is 40.1. The molecule has 0 saturated heterocycles. The Kier molecular flexibility index (Phi) is 9.06. The van der Waals surface area contributed by atoms with Gasteiger partial charge in [-0.1, -0.05) is 224 Å². The zero-order valence-corrected chi connectivity index (χ0v) is 38.3. The van der Waals surface area contributed by atoms with E-state index in [1.165, 1.54) is 66.8 Å². The summed E-state index contributed by atoms with van der Waals surface area (Å²) >= 11 is 0. The van der Waals surface area contributed by atoms with Gasteiger partial charge in [0.15, 0.2) is 0 Å². The molecule has 2 aliphatic carbocycles. The predicted molar refractivity (Wildman–Crippen MR) is 287 cm³/mol. The molecule has 0 amide bonds. The number of ether oxygens (including phenoxy) is 1. The first-order valence-corrected chi connectivity index (χ1v) is 24.3. The lowest BCUT2D eigenvalue weighted by Crippen LogP contribution is -2.32. The molecule has 0 saturated carbocycles.